The van der Waals surface area contributed by atoms with Gasteiger partial charge < -0.3 is 10.6 Å². The fraction of sp³-hybridized carbons (Fsp3) is 0.600. The Kier molecular flexibility index (Phi) is 4.78. The zero-order valence-corrected chi connectivity index (χ0v) is 13.9. The van der Waals surface area contributed by atoms with Crippen molar-refractivity contribution in [2.75, 3.05) is 31.3 Å². The van der Waals surface area contributed by atoms with Gasteiger partial charge in [-0.1, -0.05) is 18.9 Å². The van der Waals surface area contributed by atoms with Crippen LogP contribution in [0.2, 0.25) is 0 Å². The standard InChI is InChI=1S/C15H25N3O2S/c1-4-18(12-8-5-6-9-12)13-10-7-11-14(15(13)16)21(19,20)17(2)3/h7,10-12H,4-6,8-9,16H2,1-3H3. The summed E-state index contributed by atoms with van der Waals surface area (Å²) in [5.41, 5.74) is 7.41. The first-order chi connectivity index (χ1) is 9.89. The second-order valence-electron chi connectivity index (χ2n) is 5.70. The van der Waals surface area contributed by atoms with Gasteiger partial charge in [0.1, 0.15) is 4.90 Å². The highest BCUT2D eigenvalue weighted by molar-refractivity contribution is 7.89. The van der Waals surface area contributed by atoms with Gasteiger partial charge in [-0.2, -0.15) is 0 Å². The maximum absolute atomic E-state index is 12.4. The molecule has 2 rings (SSSR count). The Hall–Kier alpha value is -1.27. The molecular formula is C15H25N3O2S. The molecular weight excluding hydrogens is 286 g/mol. The smallest absolute Gasteiger partial charge is 0.244 e. The van der Waals surface area contributed by atoms with E-state index in [-0.39, 0.29) is 4.90 Å². The Morgan fingerprint density at radius 2 is 1.86 bits per heavy atom. The maximum Gasteiger partial charge on any atom is 0.244 e. The molecule has 118 valence electrons. The molecule has 2 N–H and O–H groups in total. The van der Waals surface area contributed by atoms with Crippen LogP contribution in [0.3, 0.4) is 0 Å². The summed E-state index contributed by atoms with van der Waals surface area (Å²) in [6.07, 6.45) is 4.77. The highest BCUT2D eigenvalue weighted by Crippen LogP contribution is 2.35. The topological polar surface area (TPSA) is 66.6 Å². The van der Waals surface area contributed by atoms with Crippen LogP contribution in [-0.4, -0.2) is 39.4 Å². The molecule has 0 bridgehead atoms. The van der Waals surface area contributed by atoms with E-state index in [2.05, 4.69) is 11.8 Å². The monoisotopic (exact) mass is 311 g/mol. The zero-order valence-electron chi connectivity index (χ0n) is 13.0. The molecule has 21 heavy (non-hydrogen) atoms. The summed E-state index contributed by atoms with van der Waals surface area (Å²) >= 11 is 0. The van der Waals surface area contributed by atoms with E-state index in [0.717, 1.165) is 25.1 Å². The average molecular weight is 311 g/mol. The molecule has 0 unspecified atom stereocenters. The number of hydrogen-bond acceptors (Lipinski definition) is 4. The van der Waals surface area contributed by atoms with Crippen molar-refractivity contribution in [3.63, 3.8) is 0 Å². The van der Waals surface area contributed by atoms with Gasteiger partial charge in [0.15, 0.2) is 0 Å². The van der Waals surface area contributed by atoms with Gasteiger partial charge in [-0.3, -0.25) is 0 Å². The van der Waals surface area contributed by atoms with Gasteiger partial charge in [0.2, 0.25) is 10.0 Å². The molecule has 0 atom stereocenters. The predicted molar refractivity (Wildman–Crippen MR) is 87.0 cm³/mol. The maximum atomic E-state index is 12.4. The van der Waals surface area contributed by atoms with E-state index in [1.54, 1.807) is 12.1 Å². The van der Waals surface area contributed by atoms with Gasteiger partial charge in [0.25, 0.3) is 0 Å². The van der Waals surface area contributed by atoms with Crippen LogP contribution in [0, 0.1) is 0 Å². The van der Waals surface area contributed by atoms with E-state index in [0.29, 0.717) is 11.7 Å². The molecule has 0 spiro atoms. The quantitative estimate of drug-likeness (QED) is 0.847. The van der Waals surface area contributed by atoms with Crippen LogP contribution in [0.15, 0.2) is 23.1 Å². The second-order valence-corrected chi connectivity index (χ2v) is 7.82. The van der Waals surface area contributed by atoms with Crippen molar-refractivity contribution in [2.24, 2.45) is 0 Å². The molecule has 0 saturated heterocycles. The lowest BCUT2D eigenvalue weighted by Gasteiger charge is -2.31. The SMILES string of the molecule is CCN(c1cccc(S(=O)(=O)N(C)C)c1N)C1CCCC1. The second kappa shape index (κ2) is 6.23. The van der Waals surface area contributed by atoms with Crippen molar-refractivity contribution in [1.82, 2.24) is 4.31 Å². The molecule has 6 heteroatoms. The van der Waals surface area contributed by atoms with Gasteiger partial charge in [-0.25, -0.2) is 12.7 Å². The number of nitrogens with zero attached hydrogens (tertiary/aromatic N) is 2. The zero-order chi connectivity index (χ0) is 15.6. The Morgan fingerprint density at radius 1 is 1.24 bits per heavy atom. The highest BCUT2D eigenvalue weighted by atomic mass is 32.2. The molecule has 5 nitrogen and oxygen atoms in total. The fourth-order valence-electron chi connectivity index (χ4n) is 3.05. The number of sulfonamides is 1. The molecule has 0 heterocycles. The number of rotatable bonds is 5. The van der Waals surface area contributed by atoms with Crippen LogP contribution >= 0.6 is 0 Å². The summed E-state index contributed by atoms with van der Waals surface area (Å²) in [5.74, 6) is 0. The first-order valence-electron chi connectivity index (χ1n) is 7.47. The van der Waals surface area contributed by atoms with E-state index in [1.807, 2.05) is 6.07 Å². The molecule has 0 aromatic heterocycles. The molecule has 1 fully saturated rings. The summed E-state index contributed by atoms with van der Waals surface area (Å²) in [4.78, 5) is 2.44. The van der Waals surface area contributed by atoms with E-state index >= 15 is 0 Å². The third kappa shape index (κ3) is 3.01. The molecule has 1 aliphatic carbocycles. The number of benzene rings is 1. The number of nitrogen functional groups attached to an aromatic ring is 1. The Balaban J connectivity index is 2.46. The van der Waals surface area contributed by atoms with Crippen LogP contribution < -0.4 is 10.6 Å². The van der Waals surface area contributed by atoms with Crippen LogP contribution in [-0.2, 0) is 10.0 Å². The third-order valence-corrected chi connectivity index (χ3v) is 6.09. The Bertz CT molecular complexity index is 593. The van der Waals surface area contributed by atoms with E-state index in [4.69, 9.17) is 5.73 Å². The van der Waals surface area contributed by atoms with E-state index in [1.165, 1.54) is 31.2 Å². The summed E-state index contributed by atoms with van der Waals surface area (Å²) in [6.45, 7) is 2.92. The molecule has 1 aliphatic rings. The lowest BCUT2D eigenvalue weighted by Crippen LogP contribution is -2.34. The number of para-hydroxylation sites is 1. The van der Waals surface area contributed by atoms with Crippen molar-refractivity contribution in [3.8, 4) is 0 Å². The minimum Gasteiger partial charge on any atom is -0.396 e. The molecule has 0 aliphatic heterocycles. The number of hydrogen-bond donors (Lipinski definition) is 1. The Labute approximate surface area is 127 Å². The lowest BCUT2D eigenvalue weighted by molar-refractivity contribution is 0.521. The fourth-order valence-corrected chi connectivity index (χ4v) is 4.07. The minimum absolute atomic E-state index is 0.196. The summed E-state index contributed by atoms with van der Waals surface area (Å²) in [5, 5.41) is 0. The molecule has 1 saturated carbocycles. The molecule has 0 radical (unpaired) electrons. The highest BCUT2D eigenvalue weighted by Gasteiger charge is 2.27. The molecule has 1 aromatic rings. The van der Waals surface area contributed by atoms with Gasteiger partial charge in [0.05, 0.1) is 11.4 Å². The summed E-state index contributed by atoms with van der Waals surface area (Å²) in [6, 6.07) is 5.75. The summed E-state index contributed by atoms with van der Waals surface area (Å²) < 4.78 is 25.9. The third-order valence-electron chi connectivity index (χ3n) is 4.22. The van der Waals surface area contributed by atoms with Gasteiger partial charge >= 0.3 is 0 Å². The van der Waals surface area contributed by atoms with Gasteiger partial charge in [0, 0.05) is 26.7 Å². The van der Waals surface area contributed by atoms with Crippen LogP contribution in [0.25, 0.3) is 0 Å². The number of anilines is 2. The lowest BCUT2D eigenvalue weighted by atomic mass is 10.1. The largest absolute Gasteiger partial charge is 0.396 e. The predicted octanol–water partition coefficient (Wildman–Crippen LogP) is 2.29. The van der Waals surface area contributed by atoms with Crippen molar-refractivity contribution >= 4 is 21.4 Å². The Morgan fingerprint density at radius 3 is 2.38 bits per heavy atom. The normalized spacial score (nSPS) is 16.6. The first-order valence-corrected chi connectivity index (χ1v) is 8.91. The van der Waals surface area contributed by atoms with Gasteiger partial charge in [-0.05, 0) is 31.9 Å². The van der Waals surface area contributed by atoms with Crippen LogP contribution in [0.1, 0.15) is 32.6 Å². The van der Waals surface area contributed by atoms with Gasteiger partial charge in [-0.15, -0.1) is 0 Å². The van der Waals surface area contributed by atoms with Crippen molar-refractivity contribution < 1.29 is 8.42 Å². The van der Waals surface area contributed by atoms with Crippen molar-refractivity contribution in [1.29, 1.82) is 0 Å². The average Bonchev–Trinajstić information content (AvgIpc) is 2.95. The summed E-state index contributed by atoms with van der Waals surface area (Å²) in [7, 11) is -0.466. The van der Waals surface area contributed by atoms with Crippen molar-refractivity contribution in [3.05, 3.63) is 18.2 Å². The van der Waals surface area contributed by atoms with Crippen LogP contribution in [0.5, 0.6) is 0 Å². The minimum atomic E-state index is -3.51. The van der Waals surface area contributed by atoms with E-state index in [9.17, 15) is 8.42 Å². The molecule has 1 aromatic carbocycles. The first kappa shape index (κ1) is 16.1. The number of nitrogens with two attached hydrogens (primary N) is 1. The van der Waals surface area contributed by atoms with Crippen LogP contribution in [0.4, 0.5) is 11.4 Å². The van der Waals surface area contributed by atoms with Crippen molar-refractivity contribution in [2.45, 2.75) is 43.5 Å². The molecule has 0 amide bonds. The van der Waals surface area contributed by atoms with E-state index < -0.39 is 10.0 Å².